The Morgan fingerprint density at radius 2 is 2.47 bits per heavy atom. The summed E-state index contributed by atoms with van der Waals surface area (Å²) in [5, 5.41) is 12.5. The fourth-order valence-corrected chi connectivity index (χ4v) is 1.81. The molecule has 5 heteroatoms. The summed E-state index contributed by atoms with van der Waals surface area (Å²) in [5.41, 5.74) is 0. The molecule has 5 nitrogen and oxygen atoms in total. The number of hydrogen-bond acceptors (Lipinski definition) is 5. The van der Waals surface area contributed by atoms with Crippen LogP contribution >= 0.6 is 0 Å². The molecule has 2 N–H and O–H groups in total. The smallest absolute Gasteiger partial charge is 0.224 e. The van der Waals surface area contributed by atoms with Crippen LogP contribution in [0.4, 0.5) is 11.8 Å². The zero-order valence-electron chi connectivity index (χ0n) is 8.85. The molecule has 1 aromatic rings. The van der Waals surface area contributed by atoms with Gasteiger partial charge in [0.2, 0.25) is 5.95 Å². The first-order valence-electron chi connectivity index (χ1n) is 5.23. The Morgan fingerprint density at radius 3 is 3.20 bits per heavy atom. The van der Waals surface area contributed by atoms with Gasteiger partial charge in [0, 0.05) is 26.3 Å². The molecule has 2 rings (SSSR count). The van der Waals surface area contributed by atoms with Crippen molar-refractivity contribution in [2.75, 3.05) is 30.4 Å². The van der Waals surface area contributed by atoms with Gasteiger partial charge in [0.15, 0.2) is 0 Å². The van der Waals surface area contributed by atoms with Gasteiger partial charge in [-0.2, -0.15) is 4.98 Å². The lowest BCUT2D eigenvalue weighted by Crippen LogP contribution is -2.38. The minimum Gasteiger partial charge on any atom is -0.391 e. The number of hydrogen-bond donors (Lipinski definition) is 2. The highest BCUT2D eigenvalue weighted by molar-refractivity contribution is 5.42. The average molecular weight is 208 g/mol. The standard InChI is InChI=1S/C10H16N4O/c1-11-10-12-5-4-9(13-10)14-6-2-3-8(15)7-14/h4-5,8,15H,2-3,6-7H2,1H3,(H,11,12,13). The van der Waals surface area contributed by atoms with Crippen molar-refractivity contribution in [3.8, 4) is 0 Å². The zero-order valence-corrected chi connectivity index (χ0v) is 8.85. The number of aliphatic hydroxyl groups excluding tert-OH is 1. The minimum absolute atomic E-state index is 0.230. The molecule has 0 aliphatic carbocycles. The molecule has 0 radical (unpaired) electrons. The Kier molecular flexibility index (Phi) is 3.01. The fourth-order valence-electron chi connectivity index (χ4n) is 1.81. The van der Waals surface area contributed by atoms with Crippen LogP contribution in [0.3, 0.4) is 0 Å². The Hall–Kier alpha value is -1.36. The second-order valence-electron chi connectivity index (χ2n) is 3.73. The Labute approximate surface area is 89.2 Å². The molecule has 0 saturated carbocycles. The van der Waals surface area contributed by atoms with Crippen molar-refractivity contribution in [3.05, 3.63) is 12.3 Å². The summed E-state index contributed by atoms with van der Waals surface area (Å²) in [7, 11) is 1.80. The second-order valence-corrected chi connectivity index (χ2v) is 3.73. The third-order valence-corrected chi connectivity index (χ3v) is 2.58. The fraction of sp³-hybridized carbons (Fsp3) is 0.600. The van der Waals surface area contributed by atoms with Crippen LogP contribution in [-0.2, 0) is 0 Å². The molecule has 0 spiro atoms. The highest BCUT2D eigenvalue weighted by atomic mass is 16.3. The van der Waals surface area contributed by atoms with E-state index in [1.165, 1.54) is 0 Å². The lowest BCUT2D eigenvalue weighted by Gasteiger charge is -2.30. The molecule has 1 atom stereocenters. The van der Waals surface area contributed by atoms with E-state index >= 15 is 0 Å². The molecule has 0 bridgehead atoms. The summed E-state index contributed by atoms with van der Waals surface area (Å²) in [4.78, 5) is 10.5. The van der Waals surface area contributed by atoms with E-state index in [2.05, 4.69) is 20.2 Å². The molecule has 1 aliphatic rings. The molecule has 1 aromatic heterocycles. The monoisotopic (exact) mass is 208 g/mol. The van der Waals surface area contributed by atoms with E-state index in [9.17, 15) is 5.11 Å². The maximum atomic E-state index is 9.57. The minimum atomic E-state index is -0.230. The number of aliphatic hydroxyl groups is 1. The summed E-state index contributed by atoms with van der Waals surface area (Å²) < 4.78 is 0. The molecule has 1 unspecified atom stereocenters. The molecule has 0 amide bonds. The van der Waals surface area contributed by atoms with Crippen molar-refractivity contribution in [3.63, 3.8) is 0 Å². The molecule has 0 aromatic carbocycles. The molecular formula is C10H16N4O. The first kappa shape index (κ1) is 10.2. The summed E-state index contributed by atoms with van der Waals surface area (Å²) in [6, 6.07) is 1.87. The van der Waals surface area contributed by atoms with E-state index in [1.807, 2.05) is 6.07 Å². The number of piperidine rings is 1. The number of aromatic nitrogens is 2. The SMILES string of the molecule is CNc1nccc(N2CCCC(O)C2)n1. The van der Waals surface area contributed by atoms with Gasteiger partial charge in [-0.1, -0.05) is 0 Å². The van der Waals surface area contributed by atoms with E-state index in [4.69, 9.17) is 0 Å². The van der Waals surface area contributed by atoms with Crippen molar-refractivity contribution in [2.24, 2.45) is 0 Å². The van der Waals surface area contributed by atoms with E-state index in [0.29, 0.717) is 12.5 Å². The van der Waals surface area contributed by atoms with Gasteiger partial charge in [0.1, 0.15) is 5.82 Å². The number of β-amino-alcohol motifs (C(OH)–C–C–N with tert-alkyl or cyclic N) is 1. The van der Waals surface area contributed by atoms with Gasteiger partial charge in [0.25, 0.3) is 0 Å². The van der Waals surface area contributed by atoms with E-state index in [1.54, 1.807) is 13.2 Å². The Bertz CT molecular complexity index is 331. The van der Waals surface area contributed by atoms with Crippen molar-refractivity contribution in [1.29, 1.82) is 0 Å². The summed E-state index contributed by atoms with van der Waals surface area (Å²) in [5.74, 6) is 1.50. The molecule has 1 fully saturated rings. The molecule has 1 saturated heterocycles. The van der Waals surface area contributed by atoms with Crippen LogP contribution in [0.15, 0.2) is 12.3 Å². The van der Waals surface area contributed by atoms with Crippen LogP contribution < -0.4 is 10.2 Å². The molecule has 2 heterocycles. The van der Waals surface area contributed by atoms with Gasteiger partial charge in [-0.15, -0.1) is 0 Å². The van der Waals surface area contributed by atoms with Crippen LogP contribution in [0, 0.1) is 0 Å². The van der Waals surface area contributed by atoms with Gasteiger partial charge < -0.3 is 15.3 Å². The first-order valence-corrected chi connectivity index (χ1v) is 5.23. The van der Waals surface area contributed by atoms with Gasteiger partial charge in [-0.05, 0) is 18.9 Å². The summed E-state index contributed by atoms with van der Waals surface area (Å²) in [6.07, 6.45) is 3.40. The van der Waals surface area contributed by atoms with E-state index < -0.39 is 0 Å². The predicted molar refractivity (Wildman–Crippen MR) is 59.0 cm³/mol. The highest BCUT2D eigenvalue weighted by Crippen LogP contribution is 2.18. The predicted octanol–water partition coefficient (Wildman–Crippen LogP) is 0.479. The van der Waals surface area contributed by atoms with Gasteiger partial charge in [-0.3, -0.25) is 0 Å². The largest absolute Gasteiger partial charge is 0.391 e. The van der Waals surface area contributed by atoms with E-state index in [0.717, 1.165) is 25.2 Å². The second kappa shape index (κ2) is 4.44. The summed E-state index contributed by atoms with van der Waals surface area (Å²) in [6.45, 7) is 1.62. The van der Waals surface area contributed by atoms with Crippen molar-refractivity contribution in [1.82, 2.24) is 9.97 Å². The number of rotatable bonds is 2. The highest BCUT2D eigenvalue weighted by Gasteiger charge is 2.18. The van der Waals surface area contributed by atoms with Crippen molar-refractivity contribution in [2.45, 2.75) is 18.9 Å². The normalized spacial score (nSPS) is 21.5. The topological polar surface area (TPSA) is 61.3 Å². The molecule has 1 aliphatic heterocycles. The lowest BCUT2D eigenvalue weighted by atomic mass is 10.1. The maximum absolute atomic E-state index is 9.57. The van der Waals surface area contributed by atoms with Crippen LogP contribution in [0.5, 0.6) is 0 Å². The number of anilines is 2. The Morgan fingerprint density at radius 1 is 1.60 bits per heavy atom. The first-order chi connectivity index (χ1) is 7.29. The van der Waals surface area contributed by atoms with Crippen LogP contribution in [0.25, 0.3) is 0 Å². The maximum Gasteiger partial charge on any atom is 0.224 e. The van der Waals surface area contributed by atoms with E-state index in [-0.39, 0.29) is 6.10 Å². The van der Waals surface area contributed by atoms with Gasteiger partial charge in [-0.25, -0.2) is 4.98 Å². The quantitative estimate of drug-likeness (QED) is 0.740. The number of nitrogens with zero attached hydrogens (tertiary/aromatic N) is 3. The third-order valence-electron chi connectivity index (χ3n) is 2.58. The third kappa shape index (κ3) is 2.36. The number of nitrogens with one attached hydrogen (secondary N) is 1. The summed E-state index contributed by atoms with van der Waals surface area (Å²) >= 11 is 0. The van der Waals surface area contributed by atoms with Crippen LogP contribution in [0.1, 0.15) is 12.8 Å². The van der Waals surface area contributed by atoms with Crippen LogP contribution in [0.2, 0.25) is 0 Å². The van der Waals surface area contributed by atoms with Crippen LogP contribution in [-0.4, -0.2) is 41.3 Å². The Balaban J connectivity index is 2.13. The average Bonchev–Trinajstić information content (AvgIpc) is 2.29. The lowest BCUT2D eigenvalue weighted by molar-refractivity contribution is 0.154. The molecule has 82 valence electrons. The zero-order chi connectivity index (χ0) is 10.7. The molecule has 15 heavy (non-hydrogen) atoms. The van der Waals surface area contributed by atoms with Gasteiger partial charge in [0.05, 0.1) is 6.10 Å². The van der Waals surface area contributed by atoms with Gasteiger partial charge >= 0.3 is 0 Å². The molecular weight excluding hydrogens is 192 g/mol. The van der Waals surface area contributed by atoms with Crippen molar-refractivity contribution < 1.29 is 5.11 Å². The van der Waals surface area contributed by atoms with Crippen molar-refractivity contribution >= 4 is 11.8 Å².